The molecule has 0 saturated heterocycles. The third-order valence-electron chi connectivity index (χ3n) is 1.14. The molecular weight excluding hydrogens is 176 g/mol. The summed E-state index contributed by atoms with van der Waals surface area (Å²) < 4.78 is 0. The van der Waals surface area contributed by atoms with Gasteiger partial charge in [-0.05, 0) is 0 Å². The molecule has 1 heterocycles. The zero-order chi connectivity index (χ0) is 8.97. The Labute approximate surface area is 74.1 Å². The van der Waals surface area contributed by atoms with E-state index in [4.69, 9.17) is 22.1 Å². The van der Waals surface area contributed by atoms with Gasteiger partial charge in [0.2, 0.25) is 0 Å². The molecule has 0 aliphatic carbocycles. The Bertz CT molecular complexity index is 348. The minimum Gasteiger partial charge on any atom is -0.342 e. The first-order valence-corrected chi connectivity index (χ1v) is 3.36. The van der Waals surface area contributed by atoms with E-state index in [0.717, 1.165) is 0 Å². The van der Waals surface area contributed by atoms with E-state index in [0.29, 0.717) is 5.70 Å². The Morgan fingerprint density at radius 3 is 2.67 bits per heavy atom. The van der Waals surface area contributed by atoms with Crippen LogP contribution in [-0.4, -0.2) is 6.21 Å². The highest BCUT2D eigenvalue weighted by Gasteiger charge is 2.06. The molecule has 0 aromatic heterocycles. The summed E-state index contributed by atoms with van der Waals surface area (Å²) in [6.45, 7) is 0. The summed E-state index contributed by atoms with van der Waals surface area (Å²) in [6.07, 6.45) is 2.76. The molecule has 12 heavy (non-hydrogen) atoms. The van der Waals surface area contributed by atoms with Gasteiger partial charge in [0.15, 0.2) is 5.57 Å². The van der Waals surface area contributed by atoms with Crippen molar-refractivity contribution in [3.8, 4) is 12.1 Å². The van der Waals surface area contributed by atoms with Crippen molar-refractivity contribution in [3.05, 3.63) is 22.6 Å². The Hall–Kier alpha value is -1.78. The molecule has 0 spiro atoms. The van der Waals surface area contributed by atoms with Gasteiger partial charge in [-0.1, -0.05) is 11.6 Å². The monoisotopic (exact) mass is 178 g/mol. The molecule has 5 heteroatoms. The van der Waals surface area contributed by atoms with Crippen LogP contribution in [0.3, 0.4) is 0 Å². The van der Waals surface area contributed by atoms with Crippen LogP contribution in [0.15, 0.2) is 27.6 Å². The standard InChI is InChI=1S/C7H3ClN4/c8-7-4-11-3-6(12-7)5(1-9)2-10/h3-4,12H. The zero-order valence-corrected chi connectivity index (χ0v) is 6.63. The molecule has 1 rings (SSSR count). The number of nitrogens with zero attached hydrogens (tertiary/aromatic N) is 3. The van der Waals surface area contributed by atoms with Crippen LogP contribution < -0.4 is 5.32 Å². The van der Waals surface area contributed by atoms with Gasteiger partial charge in [-0.3, -0.25) is 4.99 Å². The highest BCUT2D eigenvalue weighted by molar-refractivity contribution is 6.29. The van der Waals surface area contributed by atoms with Crippen molar-refractivity contribution in [2.24, 2.45) is 4.99 Å². The fourth-order valence-electron chi connectivity index (χ4n) is 0.643. The fraction of sp³-hybridized carbons (Fsp3) is 0. The topological polar surface area (TPSA) is 72.0 Å². The molecule has 0 radical (unpaired) electrons. The normalized spacial score (nSPS) is 13.9. The highest BCUT2D eigenvalue weighted by atomic mass is 35.5. The second kappa shape index (κ2) is 3.56. The lowest BCUT2D eigenvalue weighted by Crippen LogP contribution is -2.15. The average molecular weight is 179 g/mol. The summed E-state index contributed by atoms with van der Waals surface area (Å²) in [5.41, 5.74) is 0.289. The maximum atomic E-state index is 8.47. The second-order valence-electron chi connectivity index (χ2n) is 1.89. The van der Waals surface area contributed by atoms with Crippen molar-refractivity contribution >= 4 is 17.8 Å². The van der Waals surface area contributed by atoms with Gasteiger partial charge in [0, 0.05) is 0 Å². The molecule has 4 nitrogen and oxygen atoms in total. The number of nitriles is 2. The molecule has 0 atom stereocenters. The predicted octanol–water partition coefficient (Wildman–Crippen LogP) is 0.999. The van der Waals surface area contributed by atoms with E-state index in [1.165, 1.54) is 12.4 Å². The van der Waals surface area contributed by atoms with Gasteiger partial charge in [0.1, 0.15) is 17.3 Å². The van der Waals surface area contributed by atoms with Crippen molar-refractivity contribution in [1.82, 2.24) is 5.32 Å². The lowest BCUT2D eigenvalue weighted by atomic mass is 10.2. The van der Waals surface area contributed by atoms with E-state index in [9.17, 15) is 0 Å². The van der Waals surface area contributed by atoms with Crippen molar-refractivity contribution in [2.45, 2.75) is 0 Å². The van der Waals surface area contributed by atoms with Crippen LogP contribution in [0.4, 0.5) is 0 Å². The van der Waals surface area contributed by atoms with Gasteiger partial charge in [-0.25, -0.2) is 0 Å². The van der Waals surface area contributed by atoms with E-state index in [2.05, 4.69) is 10.3 Å². The van der Waals surface area contributed by atoms with Crippen molar-refractivity contribution in [2.75, 3.05) is 0 Å². The van der Waals surface area contributed by atoms with E-state index in [1.807, 2.05) is 0 Å². The van der Waals surface area contributed by atoms with Crippen LogP contribution in [0.2, 0.25) is 0 Å². The lowest BCUT2D eigenvalue weighted by Gasteiger charge is -2.07. The quantitative estimate of drug-likeness (QED) is 0.444. The SMILES string of the molecule is N#CC(C#N)=C1C=NC=C(Cl)N1. The molecule has 0 unspecified atom stereocenters. The minimum atomic E-state index is -0.0370. The first-order valence-electron chi connectivity index (χ1n) is 2.98. The summed E-state index contributed by atoms with van der Waals surface area (Å²) >= 11 is 5.55. The first-order chi connectivity index (χ1) is 5.77. The molecule has 1 N–H and O–H groups in total. The van der Waals surface area contributed by atoms with Crippen LogP contribution in [0.5, 0.6) is 0 Å². The molecular formula is C7H3ClN4. The van der Waals surface area contributed by atoms with Gasteiger partial charge >= 0.3 is 0 Å². The number of hydrogen-bond donors (Lipinski definition) is 1. The Morgan fingerprint density at radius 2 is 2.17 bits per heavy atom. The third kappa shape index (κ3) is 1.63. The van der Waals surface area contributed by atoms with Gasteiger partial charge in [0.25, 0.3) is 0 Å². The lowest BCUT2D eigenvalue weighted by molar-refractivity contribution is 1.07. The van der Waals surface area contributed by atoms with E-state index in [-0.39, 0.29) is 10.7 Å². The summed E-state index contributed by atoms with van der Waals surface area (Å²) in [4.78, 5) is 3.71. The summed E-state index contributed by atoms with van der Waals surface area (Å²) in [6, 6.07) is 3.44. The summed E-state index contributed by atoms with van der Waals surface area (Å²) in [5, 5.41) is 19.9. The van der Waals surface area contributed by atoms with Crippen molar-refractivity contribution < 1.29 is 0 Å². The third-order valence-corrected chi connectivity index (χ3v) is 1.33. The molecule has 0 saturated carbocycles. The summed E-state index contributed by atoms with van der Waals surface area (Å²) in [5.74, 6) is 0. The first kappa shape index (κ1) is 8.32. The van der Waals surface area contributed by atoms with Gasteiger partial charge < -0.3 is 5.32 Å². The van der Waals surface area contributed by atoms with Crippen molar-refractivity contribution in [1.29, 1.82) is 10.5 Å². The van der Waals surface area contributed by atoms with Gasteiger partial charge in [-0.15, -0.1) is 0 Å². The van der Waals surface area contributed by atoms with Crippen LogP contribution in [0, 0.1) is 22.7 Å². The smallest absolute Gasteiger partial charge is 0.154 e. The fourth-order valence-corrected chi connectivity index (χ4v) is 0.801. The molecule has 0 bridgehead atoms. The largest absolute Gasteiger partial charge is 0.342 e. The van der Waals surface area contributed by atoms with Crippen LogP contribution in [0.25, 0.3) is 0 Å². The van der Waals surface area contributed by atoms with Crippen LogP contribution >= 0.6 is 11.6 Å². The highest BCUT2D eigenvalue weighted by Crippen LogP contribution is 2.07. The zero-order valence-electron chi connectivity index (χ0n) is 5.87. The number of hydrogen-bond acceptors (Lipinski definition) is 4. The second-order valence-corrected chi connectivity index (χ2v) is 2.30. The Morgan fingerprint density at radius 1 is 1.50 bits per heavy atom. The van der Waals surface area contributed by atoms with E-state index in [1.54, 1.807) is 12.1 Å². The molecule has 0 fully saturated rings. The van der Waals surface area contributed by atoms with E-state index >= 15 is 0 Å². The molecule has 0 amide bonds. The number of allylic oxidation sites excluding steroid dienone is 2. The number of nitrogens with one attached hydrogen (secondary N) is 1. The molecule has 1 aliphatic heterocycles. The summed E-state index contributed by atoms with van der Waals surface area (Å²) in [7, 11) is 0. The average Bonchev–Trinajstić information content (AvgIpc) is 2.07. The maximum absolute atomic E-state index is 8.47. The molecule has 0 aromatic carbocycles. The van der Waals surface area contributed by atoms with Crippen LogP contribution in [-0.2, 0) is 0 Å². The minimum absolute atomic E-state index is 0.0370. The maximum Gasteiger partial charge on any atom is 0.154 e. The van der Waals surface area contributed by atoms with E-state index < -0.39 is 0 Å². The Balaban J connectivity index is 3.03. The number of halogens is 1. The number of rotatable bonds is 0. The van der Waals surface area contributed by atoms with Crippen LogP contribution in [0.1, 0.15) is 0 Å². The molecule has 1 aliphatic rings. The molecule has 0 aromatic rings. The van der Waals surface area contributed by atoms with Gasteiger partial charge in [0.05, 0.1) is 18.1 Å². The van der Waals surface area contributed by atoms with Crippen molar-refractivity contribution in [3.63, 3.8) is 0 Å². The molecule has 58 valence electrons. The number of aliphatic imine (C=N–C) groups is 1. The van der Waals surface area contributed by atoms with Gasteiger partial charge in [-0.2, -0.15) is 10.5 Å². The predicted molar refractivity (Wildman–Crippen MR) is 43.8 cm³/mol. The Kier molecular flexibility index (Phi) is 2.47.